The molecule has 1 aliphatic rings. The van der Waals surface area contributed by atoms with Crippen molar-refractivity contribution < 1.29 is 18.7 Å². The number of carbonyl (C=O) groups excluding carboxylic acids is 1. The van der Waals surface area contributed by atoms with E-state index in [4.69, 9.17) is 18.9 Å². The molecular formula is C28H26N2O4. The van der Waals surface area contributed by atoms with Gasteiger partial charge in [-0.2, -0.15) is 0 Å². The number of carbonyl (C=O) groups is 1. The van der Waals surface area contributed by atoms with Crippen molar-refractivity contribution in [1.82, 2.24) is 9.88 Å². The van der Waals surface area contributed by atoms with E-state index in [2.05, 4.69) is 0 Å². The number of ether oxygens (including phenoxy) is 2. The average Bonchev–Trinajstić information content (AvgIpc) is 3.54. The number of oxazole rings is 1. The maximum Gasteiger partial charge on any atom is 0.231 e. The van der Waals surface area contributed by atoms with Crippen LogP contribution >= 0.6 is 0 Å². The predicted octanol–water partition coefficient (Wildman–Crippen LogP) is 5.72. The lowest BCUT2D eigenvalue weighted by Gasteiger charge is -2.21. The molecule has 1 amide bonds. The van der Waals surface area contributed by atoms with Crippen LogP contribution in [-0.4, -0.2) is 29.1 Å². The van der Waals surface area contributed by atoms with Crippen molar-refractivity contribution in [3.05, 3.63) is 90.3 Å². The Morgan fingerprint density at radius 1 is 0.912 bits per heavy atom. The third-order valence-corrected chi connectivity index (χ3v) is 5.85. The van der Waals surface area contributed by atoms with Gasteiger partial charge in [0.05, 0.1) is 0 Å². The van der Waals surface area contributed by atoms with Gasteiger partial charge >= 0.3 is 0 Å². The van der Waals surface area contributed by atoms with Crippen LogP contribution < -0.4 is 9.47 Å². The second-order valence-electron chi connectivity index (χ2n) is 8.11. The largest absolute Gasteiger partial charge is 0.454 e. The van der Waals surface area contributed by atoms with Gasteiger partial charge in [0.2, 0.25) is 12.7 Å². The van der Waals surface area contributed by atoms with E-state index >= 15 is 0 Å². The van der Waals surface area contributed by atoms with Crippen molar-refractivity contribution in [2.45, 2.75) is 26.3 Å². The van der Waals surface area contributed by atoms with E-state index in [-0.39, 0.29) is 12.7 Å². The summed E-state index contributed by atoms with van der Waals surface area (Å²) >= 11 is 0. The Labute approximate surface area is 198 Å². The molecule has 0 unspecified atom stereocenters. The third-order valence-electron chi connectivity index (χ3n) is 5.85. The fourth-order valence-electron chi connectivity index (χ4n) is 4.06. The van der Waals surface area contributed by atoms with Gasteiger partial charge in [0.15, 0.2) is 23.1 Å². The summed E-state index contributed by atoms with van der Waals surface area (Å²) in [5.41, 5.74) is 3.75. The van der Waals surface area contributed by atoms with Crippen LogP contribution in [0, 0.1) is 0 Å². The van der Waals surface area contributed by atoms with Crippen LogP contribution in [0.1, 0.15) is 24.8 Å². The van der Waals surface area contributed by atoms with Crippen LogP contribution in [0.15, 0.2) is 83.3 Å². The van der Waals surface area contributed by atoms with Crippen molar-refractivity contribution in [1.29, 1.82) is 0 Å². The van der Waals surface area contributed by atoms with Gasteiger partial charge in [0.1, 0.15) is 5.69 Å². The molecule has 5 rings (SSSR count). The predicted molar refractivity (Wildman–Crippen MR) is 129 cm³/mol. The number of rotatable bonds is 8. The second kappa shape index (κ2) is 9.83. The molecule has 0 N–H and O–H groups in total. The molecular weight excluding hydrogens is 428 g/mol. The SMILES string of the molecule is CCN(Cc1ccc2c(c1)OCO2)C(=O)CCc1nc(-c2ccccc2)c(-c2ccccc2)o1. The molecule has 172 valence electrons. The molecule has 0 fully saturated rings. The van der Waals surface area contributed by atoms with Crippen molar-refractivity contribution in [2.24, 2.45) is 0 Å². The molecule has 0 bridgehead atoms. The van der Waals surface area contributed by atoms with E-state index in [1.807, 2.05) is 90.7 Å². The second-order valence-corrected chi connectivity index (χ2v) is 8.11. The van der Waals surface area contributed by atoms with Crippen LogP contribution in [0.5, 0.6) is 11.5 Å². The molecule has 1 aromatic heterocycles. The molecule has 34 heavy (non-hydrogen) atoms. The van der Waals surface area contributed by atoms with Gasteiger partial charge in [0, 0.05) is 37.1 Å². The Morgan fingerprint density at radius 3 is 2.35 bits per heavy atom. The smallest absolute Gasteiger partial charge is 0.231 e. The summed E-state index contributed by atoms with van der Waals surface area (Å²) in [5, 5.41) is 0. The number of amides is 1. The third kappa shape index (κ3) is 4.66. The summed E-state index contributed by atoms with van der Waals surface area (Å²) < 4.78 is 17.0. The molecule has 0 aliphatic carbocycles. The number of benzene rings is 3. The lowest BCUT2D eigenvalue weighted by atomic mass is 10.1. The van der Waals surface area contributed by atoms with E-state index in [1.165, 1.54) is 0 Å². The minimum absolute atomic E-state index is 0.0564. The number of nitrogens with zero attached hydrogens (tertiary/aromatic N) is 2. The highest BCUT2D eigenvalue weighted by atomic mass is 16.7. The Bertz CT molecular complexity index is 1210. The highest BCUT2D eigenvalue weighted by Gasteiger charge is 2.20. The molecule has 4 aromatic rings. The molecule has 0 saturated carbocycles. The minimum Gasteiger partial charge on any atom is -0.454 e. The molecule has 6 nitrogen and oxygen atoms in total. The molecule has 1 aliphatic heterocycles. The van der Waals surface area contributed by atoms with E-state index in [0.29, 0.717) is 31.8 Å². The zero-order valence-electron chi connectivity index (χ0n) is 19.1. The van der Waals surface area contributed by atoms with E-state index in [1.54, 1.807) is 0 Å². The first-order valence-corrected chi connectivity index (χ1v) is 11.5. The van der Waals surface area contributed by atoms with Gasteiger partial charge in [-0.3, -0.25) is 4.79 Å². The van der Waals surface area contributed by atoms with E-state index in [0.717, 1.165) is 39.6 Å². The number of aromatic nitrogens is 1. The first kappa shape index (κ1) is 21.8. The summed E-state index contributed by atoms with van der Waals surface area (Å²) in [5.74, 6) is 2.81. The summed E-state index contributed by atoms with van der Waals surface area (Å²) in [6.07, 6.45) is 0.754. The van der Waals surface area contributed by atoms with Gasteiger partial charge in [0.25, 0.3) is 0 Å². The van der Waals surface area contributed by atoms with Crippen LogP contribution in [-0.2, 0) is 17.8 Å². The van der Waals surface area contributed by atoms with Crippen LogP contribution in [0.4, 0.5) is 0 Å². The maximum absolute atomic E-state index is 13.0. The highest BCUT2D eigenvalue weighted by molar-refractivity contribution is 5.78. The first-order chi connectivity index (χ1) is 16.7. The van der Waals surface area contributed by atoms with Crippen molar-refractivity contribution in [3.8, 4) is 34.1 Å². The van der Waals surface area contributed by atoms with Gasteiger partial charge in [-0.05, 0) is 24.6 Å². The minimum atomic E-state index is 0.0564. The van der Waals surface area contributed by atoms with E-state index in [9.17, 15) is 4.79 Å². The summed E-state index contributed by atoms with van der Waals surface area (Å²) in [6, 6.07) is 25.7. The van der Waals surface area contributed by atoms with Crippen LogP contribution in [0.2, 0.25) is 0 Å². The number of hydrogen-bond donors (Lipinski definition) is 0. The monoisotopic (exact) mass is 454 g/mol. The first-order valence-electron chi connectivity index (χ1n) is 11.5. The van der Waals surface area contributed by atoms with Crippen LogP contribution in [0.3, 0.4) is 0 Å². The summed E-state index contributed by atoms with van der Waals surface area (Å²) in [4.78, 5) is 19.6. The quantitative estimate of drug-likeness (QED) is 0.341. The molecule has 3 aromatic carbocycles. The lowest BCUT2D eigenvalue weighted by molar-refractivity contribution is -0.131. The van der Waals surface area contributed by atoms with Crippen molar-refractivity contribution in [2.75, 3.05) is 13.3 Å². The standard InChI is InChI=1S/C28H26N2O4/c1-2-30(18-20-13-14-23-24(17-20)33-19-32-23)26(31)16-15-25-29-27(21-9-5-3-6-10-21)28(34-25)22-11-7-4-8-12-22/h3-14,17H,2,15-16,18-19H2,1H3. The zero-order valence-corrected chi connectivity index (χ0v) is 19.1. The van der Waals surface area contributed by atoms with Crippen LogP contribution in [0.25, 0.3) is 22.6 Å². The number of hydrogen-bond acceptors (Lipinski definition) is 5. The average molecular weight is 455 g/mol. The van der Waals surface area contributed by atoms with Gasteiger partial charge in [-0.1, -0.05) is 66.7 Å². The molecule has 0 spiro atoms. The fourth-order valence-corrected chi connectivity index (χ4v) is 4.06. The Morgan fingerprint density at radius 2 is 1.62 bits per heavy atom. The van der Waals surface area contributed by atoms with Gasteiger partial charge < -0.3 is 18.8 Å². The molecule has 0 saturated heterocycles. The van der Waals surface area contributed by atoms with E-state index < -0.39 is 0 Å². The lowest BCUT2D eigenvalue weighted by Crippen LogP contribution is -2.30. The summed E-state index contributed by atoms with van der Waals surface area (Å²) in [6.45, 7) is 3.35. The molecule has 6 heteroatoms. The zero-order chi connectivity index (χ0) is 23.3. The number of fused-ring (bicyclic) bond motifs is 1. The molecule has 0 radical (unpaired) electrons. The highest BCUT2D eigenvalue weighted by Crippen LogP contribution is 2.34. The Kier molecular flexibility index (Phi) is 6.29. The topological polar surface area (TPSA) is 64.8 Å². The van der Waals surface area contributed by atoms with Gasteiger partial charge in [-0.15, -0.1) is 0 Å². The Balaban J connectivity index is 1.31. The maximum atomic E-state index is 13.0. The normalized spacial score (nSPS) is 12.0. The number of aryl methyl sites for hydroxylation is 1. The fraction of sp³-hybridized carbons (Fsp3) is 0.214. The Hall–Kier alpha value is -4.06. The summed E-state index contributed by atoms with van der Waals surface area (Å²) in [7, 11) is 0. The van der Waals surface area contributed by atoms with Gasteiger partial charge in [-0.25, -0.2) is 4.98 Å². The van der Waals surface area contributed by atoms with Crippen molar-refractivity contribution >= 4 is 5.91 Å². The molecule has 0 atom stereocenters. The van der Waals surface area contributed by atoms with Crippen molar-refractivity contribution in [3.63, 3.8) is 0 Å². The molecule has 2 heterocycles.